The fraction of sp³-hybridized carbons (Fsp3) is 0.533. The quantitative estimate of drug-likeness (QED) is 0.838. The number of hydrogen-bond donors (Lipinski definition) is 1. The Kier molecular flexibility index (Phi) is 3.69. The summed E-state index contributed by atoms with van der Waals surface area (Å²) in [6, 6.07) is 7.65. The summed E-state index contributed by atoms with van der Waals surface area (Å²) in [4.78, 5) is 0. The zero-order valence-electron chi connectivity index (χ0n) is 11.6. The van der Waals surface area contributed by atoms with E-state index in [0.29, 0.717) is 18.1 Å². The van der Waals surface area contributed by atoms with Gasteiger partial charge in [0.1, 0.15) is 5.75 Å². The van der Waals surface area contributed by atoms with Crippen LogP contribution in [0.25, 0.3) is 0 Å². The summed E-state index contributed by atoms with van der Waals surface area (Å²) in [5, 5.41) is 18.6. The van der Waals surface area contributed by atoms with E-state index in [0.717, 1.165) is 30.6 Å². The summed E-state index contributed by atoms with van der Waals surface area (Å²) in [5.41, 5.74) is 1.65. The van der Waals surface area contributed by atoms with E-state index in [1.54, 1.807) is 6.07 Å². The highest BCUT2D eigenvalue weighted by molar-refractivity contribution is 6.45. The van der Waals surface area contributed by atoms with Crippen LogP contribution in [0, 0.1) is 24.2 Å². The molecule has 1 saturated carbocycles. The molecular formula is C15H18BNO3. The summed E-state index contributed by atoms with van der Waals surface area (Å²) >= 11 is 0. The average molecular weight is 271 g/mol. The van der Waals surface area contributed by atoms with Gasteiger partial charge in [0.25, 0.3) is 0 Å². The lowest BCUT2D eigenvalue weighted by atomic mass is 9.62. The van der Waals surface area contributed by atoms with Crippen molar-refractivity contribution in [3.8, 4) is 11.8 Å². The summed E-state index contributed by atoms with van der Waals surface area (Å²) in [6.07, 6.45) is 3.00. The molecule has 1 N–H and O–H groups in total. The molecule has 3 atom stereocenters. The van der Waals surface area contributed by atoms with Crippen molar-refractivity contribution < 1.29 is 14.4 Å². The molecule has 0 amide bonds. The summed E-state index contributed by atoms with van der Waals surface area (Å²) < 4.78 is 11.4. The molecule has 0 radical (unpaired) electrons. The Bertz CT molecular complexity index is 542. The van der Waals surface area contributed by atoms with E-state index in [9.17, 15) is 5.02 Å². The number of benzene rings is 1. The van der Waals surface area contributed by atoms with Crippen LogP contribution in [0.1, 0.15) is 30.4 Å². The third-order valence-electron chi connectivity index (χ3n) is 4.44. The van der Waals surface area contributed by atoms with Crippen LogP contribution in [-0.4, -0.2) is 24.9 Å². The number of nitrogens with zero attached hydrogens (tertiary/aromatic N) is 1. The zero-order valence-corrected chi connectivity index (χ0v) is 11.6. The molecule has 0 bridgehead atoms. The van der Waals surface area contributed by atoms with Gasteiger partial charge in [0.15, 0.2) is 0 Å². The Morgan fingerprint density at radius 1 is 1.45 bits per heavy atom. The van der Waals surface area contributed by atoms with Crippen LogP contribution < -0.4 is 4.74 Å². The second-order valence-electron chi connectivity index (χ2n) is 5.79. The van der Waals surface area contributed by atoms with Crippen LogP contribution in [-0.2, 0) is 4.65 Å². The van der Waals surface area contributed by atoms with Gasteiger partial charge in [-0.15, -0.1) is 0 Å². The molecular weight excluding hydrogens is 253 g/mol. The first-order valence-electron chi connectivity index (χ1n) is 7.14. The molecule has 20 heavy (non-hydrogen) atoms. The lowest BCUT2D eigenvalue weighted by Gasteiger charge is -2.31. The maximum Gasteiger partial charge on any atom is 0.457 e. The maximum atomic E-state index is 9.71. The van der Waals surface area contributed by atoms with Gasteiger partial charge in [-0.2, -0.15) is 5.26 Å². The van der Waals surface area contributed by atoms with Gasteiger partial charge in [0.2, 0.25) is 0 Å². The molecule has 2 fully saturated rings. The van der Waals surface area contributed by atoms with Crippen molar-refractivity contribution in [1.82, 2.24) is 0 Å². The summed E-state index contributed by atoms with van der Waals surface area (Å²) in [7, 11) is -0.586. The predicted octanol–water partition coefficient (Wildman–Crippen LogP) is 2.30. The van der Waals surface area contributed by atoms with Crippen molar-refractivity contribution in [3.63, 3.8) is 0 Å². The number of nitriles is 1. The van der Waals surface area contributed by atoms with Crippen molar-refractivity contribution in [1.29, 1.82) is 5.26 Å². The third-order valence-corrected chi connectivity index (χ3v) is 4.44. The zero-order chi connectivity index (χ0) is 14.1. The van der Waals surface area contributed by atoms with E-state index in [4.69, 9.17) is 14.7 Å². The first-order chi connectivity index (χ1) is 9.67. The van der Waals surface area contributed by atoms with E-state index < -0.39 is 7.12 Å². The molecule has 4 nitrogen and oxygen atoms in total. The minimum atomic E-state index is -0.586. The second-order valence-corrected chi connectivity index (χ2v) is 5.79. The fourth-order valence-corrected chi connectivity index (χ4v) is 3.29. The first kappa shape index (κ1) is 13.5. The largest absolute Gasteiger partial charge is 0.490 e. The molecule has 0 spiro atoms. The van der Waals surface area contributed by atoms with Crippen LogP contribution in [0.5, 0.6) is 5.75 Å². The van der Waals surface area contributed by atoms with E-state index in [1.807, 2.05) is 19.1 Å². The van der Waals surface area contributed by atoms with Gasteiger partial charge < -0.3 is 14.4 Å². The van der Waals surface area contributed by atoms with E-state index >= 15 is 0 Å². The number of fused-ring (bicyclic) bond motifs is 1. The topological polar surface area (TPSA) is 62.5 Å². The highest BCUT2D eigenvalue weighted by Crippen LogP contribution is 2.42. The van der Waals surface area contributed by atoms with Crippen molar-refractivity contribution >= 4 is 7.12 Å². The standard InChI is InChI=1S/C15H18BNO3/c1-10-6-11(8-17)2-5-15(10)20-13-3-4-14-12(7-13)9-19-16(14)18/h2,5-6,12-14,18H,3-4,7,9H2,1H3. The van der Waals surface area contributed by atoms with E-state index in [1.165, 1.54) is 0 Å². The molecule has 2 aliphatic rings. The number of ether oxygens (including phenoxy) is 1. The highest BCUT2D eigenvalue weighted by Gasteiger charge is 2.44. The molecule has 1 aliphatic carbocycles. The molecule has 1 aromatic carbocycles. The van der Waals surface area contributed by atoms with Gasteiger partial charge in [0.05, 0.1) is 17.7 Å². The maximum absolute atomic E-state index is 9.71. The van der Waals surface area contributed by atoms with Gasteiger partial charge in [-0.25, -0.2) is 0 Å². The number of aryl methyl sites for hydroxylation is 1. The van der Waals surface area contributed by atoms with Crippen LogP contribution in [0.4, 0.5) is 0 Å². The van der Waals surface area contributed by atoms with Crippen molar-refractivity contribution in [2.24, 2.45) is 5.92 Å². The van der Waals surface area contributed by atoms with Gasteiger partial charge in [-0.05, 0) is 61.7 Å². The van der Waals surface area contributed by atoms with Crippen LogP contribution in [0.2, 0.25) is 5.82 Å². The lowest BCUT2D eigenvalue weighted by Crippen LogP contribution is -2.31. The van der Waals surface area contributed by atoms with Gasteiger partial charge in [0, 0.05) is 6.61 Å². The Balaban J connectivity index is 1.66. The number of hydrogen-bond acceptors (Lipinski definition) is 4. The smallest absolute Gasteiger partial charge is 0.457 e. The van der Waals surface area contributed by atoms with Crippen LogP contribution in [0.3, 0.4) is 0 Å². The Labute approximate surface area is 119 Å². The van der Waals surface area contributed by atoms with Gasteiger partial charge in [-0.1, -0.05) is 0 Å². The first-order valence-corrected chi connectivity index (χ1v) is 7.14. The minimum Gasteiger partial charge on any atom is -0.490 e. The molecule has 0 aromatic heterocycles. The molecule has 1 aromatic rings. The van der Waals surface area contributed by atoms with Crippen molar-refractivity contribution in [2.75, 3.05) is 6.61 Å². The monoisotopic (exact) mass is 271 g/mol. The lowest BCUT2D eigenvalue weighted by molar-refractivity contribution is 0.118. The van der Waals surface area contributed by atoms with Crippen molar-refractivity contribution in [3.05, 3.63) is 29.3 Å². The molecule has 1 heterocycles. The SMILES string of the molecule is Cc1cc(C#N)ccc1OC1CCC2B(O)OCC2C1. The fourth-order valence-electron chi connectivity index (χ4n) is 3.29. The Morgan fingerprint density at radius 3 is 3.05 bits per heavy atom. The van der Waals surface area contributed by atoms with Gasteiger partial charge in [-0.3, -0.25) is 0 Å². The van der Waals surface area contributed by atoms with E-state index in [2.05, 4.69) is 6.07 Å². The second kappa shape index (κ2) is 5.47. The Morgan fingerprint density at radius 2 is 2.30 bits per heavy atom. The van der Waals surface area contributed by atoms with Crippen molar-refractivity contribution in [2.45, 2.75) is 38.1 Å². The average Bonchev–Trinajstić information content (AvgIpc) is 2.82. The molecule has 104 valence electrons. The molecule has 1 aliphatic heterocycles. The summed E-state index contributed by atoms with van der Waals surface area (Å²) in [5.74, 6) is 1.53. The summed E-state index contributed by atoms with van der Waals surface area (Å²) in [6.45, 7) is 2.60. The molecule has 3 rings (SSSR count). The van der Waals surface area contributed by atoms with Crippen LogP contribution in [0.15, 0.2) is 18.2 Å². The minimum absolute atomic E-state index is 0.178. The third kappa shape index (κ3) is 2.54. The predicted molar refractivity (Wildman–Crippen MR) is 75.3 cm³/mol. The molecule has 1 saturated heterocycles. The Hall–Kier alpha value is -1.51. The van der Waals surface area contributed by atoms with E-state index in [-0.39, 0.29) is 11.9 Å². The van der Waals surface area contributed by atoms with Crippen LogP contribution >= 0.6 is 0 Å². The highest BCUT2D eigenvalue weighted by atomic mass is 16.5. The normalized spacial score (nSPS) is 28.9. The van der Waals surface area contributed by atoms with Gasteiger partial charge >= 0.3 is 7.12 Å². The number of rotatable bonds is 2. The molecule has 3 unspecified atom stereocenters. The molecule has 5 heteroatoms.